The number of hydrogen-bond acceptors (Lipinski definition) is 3. The lowest BCUT2D eigenvalue weighted by Crippen LogP contribution is -1.88. The Kier molecular flexibility index (Phi) is 2.51. The fourth-order valence-electron chi connectivity index (χ4n) is 1.24. The Morgan fingerprint density at radius 3 is 2.80 bits per heavy atom. The summed E-state index contributed by atoms with van der Waals surface area (Å²) >= 11 is 5.66. The van der Waals surface area contributed by atoms with Crippen LogP contribution in [0, 0.1) is 5.82 Å². The molecule has 0 N–H and O–H groups in total. The quantitative estimate of drug-likeness (QED) is 0.788. The summed E-state index contributed by atoms with van der Waals surface area (Å²) in [5.74, 6) is -0.501. The van der Waals surface area contributed by atoms with Gasteiger partial charge in [0.2, 0.25) is 5.22 Å². The second-order valence-corrected chi connectivity index (χ2v) is 3.11. The van der Waals surface area contributed by atoms with E-state index in [1.807, 2.05) is 0 Å². The zero-order chi connectivity index (χ0) is 10.8. The minimum atomic E-state index is -0.501. The van der Waals surface area contributed by atoms with E-state index in [4.69, 9.17) is 11.6 Å². The first-order valence-corrected chi connectivity index (χ1v) is 4.40. The van der Waals surface area contributed by atoms with Crippen LogP contribution in [0.25, 0.3) is 11.1 Å². The Bertz CT molecular complexity index is 510. The van der Waals surface area contributed by atoms with E-state index in [-0.39, 0.29) is 22.0 Å². The molecule has 0 aliphatic heterocycles. The van der Waals surface area contributed by atoms with Crippen LogP contribution in [0.2, 0.25) is 5.22 Å². The first-order chi connectivity index (χ1) is 7.24. The molecule has 5 heteroatoms. The molecule has 0 aliphatic carbocycles. The van der Waals surface area contributed by atoms with Gasteiger partial charge in [0.05, 0.1) is 5.56 Å². The van der Waals surface area contributed by atoms with Crippen LogP contribution in [0.15, 0.2) is 28.8 Å². The van der Waals surface area contributed by atoms with E-state index in [1.165, 1.54) is 24.5 Å². The fourth-order valence-corrected chi connectivity index (χ4v) is 1.46. The molecule has 0 atom stereocenters. The van der Waals surface area contributed by atoms with Crippen molar-refractivity contribution in [1.29, 1.82) is 0 Å². The predicted molar refractivity (Wildman–Crippen MR) is 51.7 cm³/mol. The van der Waals surface area contributed by atoms with Gasteiger partial charge in [-0.15, -0.1) is 0 Å². The van der Waals surface area contributed by atoms with Crippen molar-refractivity contribution in [3.8, 4) is 11.1 Å². The number of aromatic nitrogens is 1. The van der Waals surface area contributed by atoms with Gasteiger partial charge in [0.15, 0.2) is 5.69 Å². The Hall–Kier alpha value is -1.68. The zero-order valence-electron chi connectivity index (χ0n) is 7.33. The highest BCUT2D eigenvalue weighted by Gasteiger charge is 2.18. The third kappa shape index (κ3) is 1.64. The van der Waals surface area contributed by atoms with E-state index in [0.717, 1.165) is 0 Å². The summed E-state index contributed by atoms with van der Waals surface area (Å²) in [6.45, 7) is 0. The average molecular weight is 225 g/mol. The second-order valence-electron chi connectivity index (χ2n) is 2.76. The smallest absolute Gasteiger partial charge is 0.257 e. The van der Waals surface area contributed by atoms with Crippen LogP contribution in [0.5, 0.6) is 0 Å². The number of halogens is 2. The SMILES string of the molecule is O=[C]c1noc(Cl)c1-c1ccccc1F. The van der Waals surface area contributed by atoms with Crippen molar-refractivity contribution in [2.24, 2.45) is 0 Å². The van der Waals surface area contributed by atoms with Gasteiger partial charge in [0, 0.05) is 5.56 Å². The summed E-state index contributed by atoms with van der Waals surface area (Å²) in [7, 11) is 0. The molecule has 2 rings (SSSR count). The Balaban J connectivity index is 2.68. The monoisotopic (exact) mass is 224 g/mol. The first-order valence-electron chi connectivity index (χ1n) is 4.02. The van der Waals surface area contributed by atoms with E-state index < -0.39 is 5.82 Å². The summed E-state index contributed by atoms with van der Waals surface area (Å²) < 4.78 is 18.0. The Morgan fingerprint density at radius 2 is 2.13 bits per heavy atom. The maximum atomic E-state index is 13.4. The Morgan fingerprint density at radius 1 is 1.40 bits per heavy atom. The van der Waals surface area contributed by atoms with Crippen molar-refractivity contribution in [1.82, 2.24) is 5.16 Å². The van der Waals surface area contributed by atoms with Crippen LogP contribution in [0.3, 0.4) is 0 Å². The highest BCUT2D eigenvalue weighted by molar-refractivity contribution is 6.32. The van der Waals surface area contributed by atoms with Gasteiger partial charge in [-0.25, -0.2) is 4.39 Å². The molecule has 0 amide bonds. The van der Waals surface area contributed by atoms with E-state index in [0.29, 0.717) is 0 Å². The normalized spacial score (nSPS) is 10.3. The molecule has 1 aromatic heterocycles. The molecule has 75 valence electrons. The van der Waals surface area contributed by atoms with Gasteiger partial charge in [-0.3, -0.25) is 4.79 Å². The van der Waals surface area contributed by atoms with Gasteiger partial charge in [0.1, 0.15) is 5.82 Å². The molecule has 0 saturated carbocycles. The standard InChI is InChI=1S/C10H4ClFNO2/c11-10-9(8(5-14)13-15-10)6-3-1-2-4-7(6)12/h1-4H. The molecule has 0 aliphatic rings. The Labute approximate surface area is 89.4 Å². The van der Waals surface area contributed by atoms with Crippen LogP contribution in [-0.2, 0) is 4.79 Å². The van der Waals surface area contributed by atoms with Crippen molar-refractivity contribution < 1.29 is 13.7 Å². The van der Waals surface area contributed by atoms with Crippen LogP contribution in [0.1, 0.15) is 5.69 Å². The molecule has 0 fully saturated rings. The van der Waals surface area contributed by atoms with Crippen molar-refractivity contribution in [3.05, 3.63) is 41.0 Å². The molecule has 1 radical (unpaired) electrons. The molecule has 0 saturated heterocycles. The third-order valence-electron chi connectivity index (χ3n) is 1.89. The lowest BCUT2D eigenvalue weighted by Gasteiger charge is -1.99. The lowest BCUT2D eigenvalue weighted by molar-refractivity contribution is 0.419. The highest BCUT2D eigenvalue weighted by atomic mass is 35.5. The van der Waals surface area contributed by atoms with E-state index >= 15 is 0 Å². The summed E-state index contributed by atoms with van der Waals surface area (Å²) in [4.78, 5) is 10.5. The zero-order valence-corrected chi connectivity index (χ0v) is 8.08. The summed E-state index contributed by atoms with van der Waals surface area (Å²) in [6, 6.07) is 5.89. The van der Waals surface area contributed by atoms with E-state index in [9.17, 15) is 9.18 Å². The minimum absolute atomic E-state index is 0.126. The number of hydrogen-bond donors (Lipinski definition) is 0. The third-order valence-corrected chi connectivity index (χ3v) is 2.15. The van der Waals surface area contributed by atoms with E-state index in [2.05, 4.69) is 9.68 Å². The molecule has 1 aromatic carbocycles. The van der Waals surface area contributed by atoms with Crippen molar-refractivity contribution in [2.45, 2.75) is 0 Å². The van der Waals surface area contributed by atoms with Gasteiger partial charge in [-0.1, -0.05) is 23.4 Å². The van der Waals surface area contributed by atoms with Gasteiger partial charge in [-0.05, 0) is 17.7 Å². The average Bonchev–Trinajstić information content (AvgIpc) is 2.60. The first kappa shape index (κ1) is 9.86. The van der Waals surface area contributed by atoms with Crippen molar-refractivity contribution >= 4 is 17.9 Å². The maximum Gasteiger partial charge on any atom is 0.257 e. The van der Waals surface area contributed by atoms with Gasteiger partial charge in [0.25, 0.3) is 6.29 Å². The van der Waals surface area contributed by atoms with Crippen molar-refractivity contribution in [3.63, 3.8) is 0 Å². The number of rotatable bonds is 2. The minimum Gasteiger partial charge on any atom is -0.343 e. The highest BCUT2D eigenvalue weighted by Crippen LogP contribution is 2.31. The summed E-state index contributed by atoms with van der Waals surface area (Å²) in [6.07, 6.45) is 1.54. The molecule has 0 unspecified atom stereocenters. The predicted octanol–water partition coefficient (Wildman–Crippen LogP) is 2.59. The number of carbonyl (C=O) groups excluding carboxylic acids is 1. The number of benzene rings is 1. The largest absolute Gasteiger partial charge is 0.343 e. The molecular weight excluding hydrogens is 221 g/mol. The van der Waals surface area contributed by atoms with Crippen LogP contribution >= 0.6 is 11.6 Å². The molecule has 0 bridgehead atoms. The topological polar surface area (TPSA) is 43.1 Å². The van der Waals surface area contributed by atoms with Crippen LogP contribution in [0.4, 0.5) is 4.39 Å². The van der Waals surface area contributed by atoms with Gasteiger partial charge >= 0.3 is 0 Å². The van der Waals surface area contributed by atoms with Crippen LogP contribution in [-0.4, -0.2) is 11.4 Å². The molecule has 0 spiro atoms. The summed E-state index contributed by atoms with van der Waals surface area (Å²) in [5, 5.41) is 3.23. The molecule has 3 nitrogen and oxygen atoms in total. The van der Waals surface area contributed by atoms with E-state index in [1.54, 1.807) is 6.07 Å². The summed E-state index contributed by atoms with van der Waals surface area (Å²) in [5.41, 5.74) is 0.164. The molecule has 1 heterocycles. The molecular formula is C10H4ClFNO2. The second kappa shape index (κ2) is 3.82. The lowest BCUT2D eigenvalue weighted by atomic mass is 10.1. The number of nitrogens with zero attached hydrogens (tertiary/aromatic N) is 1. The fraction of sp³-hybridized carbons (Fsp3) is 0. The van der Waals surface area contributed by atoms with Gasteiger partial charge < -0.3 is 4.52 Å². The van der Waals surface area contributed by atoms with Crippen molar-refractivity contribution in [2.75, 3.05) is 0 Å². The molecule has 15 heavy (non-hydrogen) atoms. The maximum absolute atomic E-state index is 13.4. The van der Waals surface area contributed by atoms with Crippen LogP contribution < -0.4 is 0 Å². The van der Waals surface area contributed by atoms with Gasteiger partial charge in [-0.2, -0.15) is 0 Å². The molecule has 2 aromatic rings.